The number of hydrogen-bond donors (Lipinski definition) is 2. The molecule has 2 atom stereocenters. The maximum Gasteiger partial charge on any atom is 0.411 e. The molecule has 2 aliphatic rings. The van der Waals surface area contributed by atoms with E-state index in [1.165, 1.54) is 5.57 Å². The number of H-pyrrole nitrogens is 2. The molecule has 0 radical (unpaired) electrons. The molecule has 2 aromatic heterocycles. The molecule has 2 aromatic carbocycles. The normalized spacial score (nSPS) is 19.3. The molecule has 0 bridgehead atoms. The second kappa shape index (κ2) is 13.0. The minimum absolute atomic E-state index is 0.120. The van der Waals surface area contributed by atoms with Crippen molar-refractivity contribution in [2.24, 2.45) is 0 Å². The summed E-state index contributed by atoms with van der Waals surface area (Å²) in [5, 5.41) is 0. The number of aromatic amines is 2. The molecule has 2 unspecified atom stereocenters. The molecule has 0 saturated carbocycles. The zero-order valence-electron chi connectivity index (χ0n) is 29.0. The predicted octanol–water partition coefficient (Wildman–Crippen LogP) is 8.83. The molecule has 4 aromatic rings. The predicted molar refractivity (Wildman–Crippen MR) is 186 cm³/mol. The highest BCUT2D eigenvalue weighted by atomic mass is 16.6. The van der Waals surface area contributed by atoms with E-state index in [0.29, 0.717) is 13.1 Å². The van der Waals surface area contributed by atoms with Gasteiger partial charge >= 0.3 is 12.2 Å². The summed E-state index contributed by atoms with van der Waals surface area (Å²) in [5.74, 6) is 1.53. The summed E-state index contributed by atoms with van der Waals surface area (Å²) in [6, 6.07) is 16.4. The number of carbonyl (C=O) groups is 2. The number of allylic oxidation sites excluding steroid dienone is 1. The van der Waals surface area contributed by atoms with Gasteiger partial charge in [0.2, 0.25) is 0 Å². The molecule has 252 valence electrons. The maximum absolute atomic E-state index is 13.0. The van der Waals surface area contributed by atoms with Gasteiger partial charge in [0.15, 0.2) is 0 Å². The Bertz CT molecular complexity index is 1790. The van der Waals surface area contributed by atoms with Crippen molar-refractivity contribution in [1.82, 2.24) is 29.7 Å². The Hall–Kier alpha value is -4.86. The van der Waals surface area contributed by atoms with Crippen LogP contribution in [0.1, 0.15) is 91.5 Å². The molecule has 10 nitrogen and oxygen atoms in total. The van der Waals surface area contributed by atoms with E-state index in [0.717, 1.165) is 64.6 Å². The number of carbonyl (C=O) groups excluding carboxylic acids is 2. The van der Waals surface area contributed by atoms with Crippen molar-refractivity contribution in [2.75, 3.05) is 13.1 Å². The molecule has 0 aliphatic carbocycles. The molecule has 2 fully saturated rings. The van der Waals surface area contributed by atoms with Gasteiger partial charge in [-0.1, -0.05) is 60.2 Å². The van der Waals surface area contributed by atoms with Crippen LogP contribution in [0.25, 0.3) is 33.6 Å². The van der Waals surface area contributed by atoms with Crippen molar-refractivity contribution in [3.8, 4) is 33.6 Å². The lowest BCUT2D eigenvalue weighted by Gasteiger charge is -2.27. The first-order valence-corrected chi connectivity index (χ1v) is 16.7. The third kappa shape index (κ3) is 7.32. The van der Waals surface area contributed by atoms with E-state index < -0.39 is 11.2 Å². The van der Waals surface area contributed by atoms with Crippen LogP contribution in [0.5, 0.6) is 0 Å². The standard InChI is InChI=1S/C38H46N6O4/c1-8-24-20-32(44(23-24)36(46)48-38(5,6)7)34-40-22-30(42-34)28-17-13-26(14-18-28)25-11-15-27(16-12-25)29-21-39-33(41-29)31-10-9-19-43(31)35(45)47-37(2,3)4/h8,11-18,21-22,31-32H,9-10,19-20,23H2,1-7H3,(H,39,41)(H,40,42). The van der Waals surface area contributed by atoms with Crippen LogP contribution in [0.15, 0.2) is 72.6 Å². The van der Waals surface area contributed by atoms with E-state index in [2.05, 4.69) is 74.5 Å². The minimum atomic E-state index is -0.568. The van der Waals surface area contributed by atoms with E-state index in [-0.39, 0.29) is 24.3 Å². The van der Waals surface area contributed by atoms with Crippen molar-refractivity contribution in [2.45, 2.75) is 91.0 Å². The van der Waals surface area contributed by atoms with E-state index in [4.69, 9.17) is 9.47 Å². The Morgan fingerprint density at radius 2 is 1.19 bits per heavy atom. The number of nitrogens with one attached hydrogen (secondary N) is 2. The molecule has 0 spiro atoms. The van der Waals surface area contributed by atoms with Crippen LogP contribution in [0.4, 0.5) is 9.59 Å². The molecule has 4 heterocycles. The van der Waals surface area contributed by atoms with Gasteiger partial charge in [0, 0.05) is 13.1 Å². The first-order valence-electron chi connectivity index (χ1n) is 16.7. The lowest BCUT2D eigenvalue weighted by molar-refractivity contribution is 0.0210. The van der Waals surface area contributed by atoms with Crippen LogP contribution < -0.4 is 0 Å². The van der Waals surface area contributed by atoms with Gasteiger partial charge in [-0.2, -0.15) is 0 Å². The lowest BCUT2D eigenvalue weighted by atomic mass is 10.0. The molecular weight excluding hydrogens is 604 g/mol. The average Bonchev–Trinajstić information content (AvgIpc) is 3.85. The second-order valence-corrected chi connectivity index (χ2v) is 14.6. The quantitative estimate of drug-likeness (QED) is 0.209. The number of likely N-dealkylation sites (tertiary alicyclic amines) is 2. The van der Waals surface area contributed by atoms with Crippen LogP contribution in [0.3, 0.4) is 0 Å². The van der Waals surface area contributed by atoms with Gasteiger partial charge in [-0.3, -0.25) is 9.80 Å². The van der Waals surface area contributed by atoms with Crippen molar-refractivity contribution >= 4 is 12.2 Å². The van der Waals surface area contributed by atoms with E-state index in [1.807, 2.05) is 60.9 Å². The van der Waals surface area contributed by atoms with Gasteiger partial charge < -0.3 is 19.4 Å². The van der Waals surface area contributed by atoms with E-state index >= 15 is 0 Å². The van der Waals surface area contributed by atoms with Crippen molar-refractivity contribution in [3.63, 3.8) is 0 Å². The number of amides is 2. The third-order valence-corrected chi connectivity index (χ3v) is 8.67. The number of rotatable bonds is 5. The number of hydrogen-bond acceptors (Lipinski definition) is 6. The van der Waals surface area contributed by atoms with Crippen molar-refractivity contribution in [1.29, 1.82) is 0 Å². The van der Waals surface area contributed by atoms with E-state index in [9.17, 15) is 9.59 Å². The van der Waals surface area contributed by atoms with Crippen LogP contribution in [0, 0.1) is 0 Å². The third-order valence-electron chi connectivity index (χ3n) is 8.67. The summed E-state index contributed by atoms with van der Waals surface area (Å²) >= 11 is 0. The summed E-state index contributed by atoms with van der Waals surface area (Å²) in [4.78, 5) is 45.5. The molecule has 2 amide bonds. The van der Waals surface area contributed by atoms with Gasteiger partial charge in [-0.05, 0) is 90.0 Å². The Morgan fingerprint density at radius 1 is 0.729 bits per heavy atom. The fourth-order valence-electron chi connectivity index (χ4n) is 6.30. The van der Waals surface area contributed by atoms with Crippen LogP contribution >= 0.6 is 0 Å². The smallest absolute Gasteiger partial charge is 0.411 e. The molecular formula is C38H46N6O4. The number of nitrogens with zero attached hydrogens (tertiary/aromatic N) is 4. The largest absolute Gasteiger partial charge is 0.444 e. The molecule has 2 saturated heterocycles. The molecule has 48 heavy (non-hydrogen) atoms. The Kier molecular flexibility index (Phi) is 8.94. The molecule has 10 heteroatoms. The summed E-state index contributed by atoms with van der Waals surface area (Å²) < 4.78 is 11.3. The molecule has 2 N–H and O–H groups in total. The molecule has 2 aliphatic heterocycles. The molecule has 6 rings (SSSR count). The van der Waals surface area contributed by atoms with Gasteiger partial charge in [0.1, 0.15) is 22.9 Å². The Morgan fingerprint density at radius 3 is 1.67 bits per heavy atom. The zero-order chi connectivity index (χ0) is 34.2. The SMILES string of the molecule is CC=C1CC(c2ncc(-c3ccc(-c4ccc(-c5cnc(C6CCCN6C(=O)OC(C)(C)C)[nH]5)cc4)cc3)[nH]2)N(C(=O)OC(C)(C)C)C1. The number of ether oxygens (including phenoxy) is 2. The van der Waals surface area contributed by atoms with Crippen molar-refractivity contribution < 1.29 is 19.1 Å². The van der Waals surface area contributed by atoms with Gasteiger partial charge in [-0.25, -0.2) is 19.6 Å². The van der Waals surface area contributed by atoms with Crippen LogP contribution in [-0.4, -0.2) is 66.2 Å². The monoisotopic (exact) mass is 650 g/mol. The topological polar surface area (TPSA) is 116 Å². The van der Waals surface area contributed by atoms with Crippen molar-refractivity contribution in [3.05, 3.63) is 84.2 Å². The van der Waals surface area contributed by atoms with Gasteiger partial charge in [0.05, 0.1) is 35.9 Å². The summed E-state index contributed by atoms with van der Waals surface area (Å²) in [6.45, 7) is 14.5. The summed E-state index contributed by atoms with van der Waals surface area (Å²) in [6.07, 6.45) is 7.59. The highest BCUT2D eigenvalue weighted by molar-refractivity contribution is 5.73. The fraction of sp³-hybridized carbons (Fsp3) is 0.421. The van der Waals surface area contributed by atoms with Crippen LogP contribution in [-0.2, 0) is 9.47 Å². The van der Waals surface area contributed by atoms with Crippen LogP contribution in [0.2, 0.25) is 0 Å². The second-order valence-electron chi connectivity index (χ2n) is 14.6. The van der Waals surface area contributed by atoms with E-state index in [1.54, 1.807) is 9.80 Å². The first-order chi connectivity index (χ1) is 22.8. The number of aromatic nitrogens is 4. The number of benzene rings is 2. The highest BCUT2D eigenvalue weighted by Crippen LogP contribution is 2.37. The average molecular weight is 651 g/mol. The number of imidazole rings is 2. The summed E-state index contributed by atoms with van der Waals surface area (Å²) in [5.41, 5.74) is 6.11. The fourth-order valence-corrected chi connectivity index (χ4v) is 6.30. The Labute approximate surface area is 282 Å². The minimum Gasteiger partial charge on any atom is -0.444 e. The summed E-state index contributed by atoms with van der Waals surface area (Å²) in [7, 11) is 0. The lowest BCUT2D eigenvalue weighted by Crippen LogP contribution is -2.36. The van der Waals surface area contributed by atoms with Gasteiger partial charge in [-0.15, -0.1) is 0 Å². The maximum atomic E-state index is 13.0. The Balaban J connectivity index is 1.13. The highest BCUT2D eigenvalue weighted by Gasteiger charge is 2.37. The zero-order valence-corrected chi connectivity index (χ0v) is 29.0. The van der Waals surface area contributed by atoms with Gasteiger partial charge in [0.25, 0.3) is 0 Å². The first kappa shape index (κ1) is 33.1.